The lowest BCUT2D eigenvalue weighted by Gasteiger charge is -2.27. The zero-order chi connectivity index (χ0) is 18.2. The molecule has 0 aliphatic carbocycles. The number of carbonyl (C=O) groups is 1. The molecule has 1 atom stereocenters. The van der Waals surface area contributed by atoms with Gasteiger partial charge in [-0.15, -0.1) is 0 Å². The minimum atomic E-state index is -3.97. The van der Waals surface area contributed by atoms with Crippen LogP contribution >= 0.6 is 11.6 Å². The molecule has 0 saturated heterocycles. The van der Waals surface area contributed by atoms with Crippen molar-refractivity contribution >= 4 is 38.9 Å². The molecular formula is C15H13ClFN3O4S. The second-order valence-corrected chi connectivity index (χ2v) is 7.29. The fourth-order valence-corrected chi connectivity index (χ4v) is 3.78. The lowest BCUT2D eigenvalue weighted by atomic mass is 10.2. The predicted octanol–water partition coefficient (Wildman–Crippen LogP) is 2.16. The van der Waals surface area contributed by atoms with Crippen LogP contribution in [-0.2, 0) is 14.8 Å². The number of halogens is 2. The second kappa shape index (κ2) is 6.51. The molecule has 3 N–H and O–H groups in total. The summed E-state index contributed by atoms with van der Waals surface area (Å²) in [5.74, 6) is -0.985. The molecule has 1 aliphatic heterocycles. The van der Waals surface area contributed by atoms with Crippen molar-refractivity contribution < 1.29 is 22.3 Å². The Kier molecular flexibility index (Phi) is 4.55. The molecule has 0 spiro atoms. The van der Waals surface area contributed by atoms with Gasteiger partial charge in [0.05, 0.1) is 18.5 Å². The van der Waals surface area contributed by atoms with Gasteiger partial charge in [0.1, 0.15) is 16.5 Å². The smallest absolute Gasteiger partial charge is 0.263 e. The number of nitrogens with one attached hydrogen (secondary N) is 3. The number of methoxy groups -OCH3 is 1. The van der Waals surface area contributed by atoms with E-state index >= 15 is 0 Å². The number of benzene rings is 2. The van der Waals surface area contributed by atoms with Crippen LogP contribution in [0.15, 0.2) is 41.3 Å². The largest absolute Gasteiger partial charge is 0.495 e. The van der Waals surface area contributed by atoms with Gasteiger partial charge in [-0.05, 0) is 36.4 Å². The molecule has 0 aromatic heterocycles. The van der Waals surface area contributed by atoms with Crippen LogP contribution in [-0.4, -0.2) is 27.6 Å². The summed E-state index contributed by atoms with van der Waals surface area (Å²) in [6.45, 7) is 0. The number of hydrogen-bond donors (Lipinski definition) is 3. The van der Waals surface area contributed by atoms with Gasteiger partial charge < -0.3 is 15.4 Å². The third kappa shape index (κ3) is 3.53. The Morgan fingerprint density at radius 3 is 2.76 bits per heavy atom. The average molecular weight is 386 g/mol. The molecular weight excluding hydrogens is 373 g/mol. The average Bonchev–Trinajstić information content (AvgIpc) is 2.53. The molecule has 0 unspecified atom stereocenters. The van der Waals surface area contributed by atoms with Crippen LogP contribution < -0.4 is 20.1 Å². The molecule has 0 radical (unpaired) electrons. The predicted molar refractivity (Wildman–Crippen MR) is 90.8 cm³/mol. The standard InChI is InChI=1S/C15H13ClFN3O4S/c1-24-12-4-2-8(16)6-10(12)19-15(21)14-18-11-7-9(17)3-5-13(11)25(22,23)20-14/h2-7,14,18,20H,1H3,(H,19,21)/t14-/m1/s1. The van der Waals surface area contributed by atoms with Gasteiger partial charge in [-0.1, -0.05) is 11.6 Å². The third-order valence-electron chi connectivity index (χ3n) is 3.49. The number of ether oxygens (including phenoxy) is 1. The van der Waals surface area contributed by atoms with Gasteiger partial charge in [0.15, 0.2) is 6.17 Å². The van der Waals surface area contributed by atoms with Crippen molar-refractivity contribution in [3.8, 4) is 5.75 Å². The maximum absolute atomic E-state index is 13.4. The van der Waals surface area contributed by atoms with Crippen LogP contribution in [0, 0.1) is 5.82 Å². The van der Waals surface area contributed by atoms with Crippen LogP contribution in [0.5, 0.6) is 5.75 Å². The molecule has 1 aliphatic rings. The maximum Gasteiger partial charge on any atom is 0.263 e. The third-order valence-corrected chi connectivity index (χ3v) is 5.20. The zero-order valence-corrected chi connectivity index (χ0v) is 14.4. The van der Waals surface area contributed by atoms with Gasteiger partial charge in [0, 0.05) is 5.02 Å². The topological polar surface area (TPSA) is 96.5 Å². The summed E-state index contributed by atoms with van der Waals surface area (Å²) in [6, 6.07) is 7.75. The van der Waals surface area contributed by atoms with Crippen molar-refractivity contribution in [3.05, 3.63) is 47.2 Å². The normalized spacial score (nSPS) is 18.0. The van der Waals surface area contributed by atoms with Crippen LogP contribution in [0.2, 0.25) is 5.02 Å². The van der Waals surface area contributed by atoms with Crippen LogP contribution in [0.1, 0.15) is 0 Å². The van der Waals surface area contributed by atoms with Crippen LogP contribution in [0.4, 0.5) is 15.8 Å². The highest BCUT2D eigenvalue weighted by Gasteiger charge is 2.33. The molecule has 0 fully saturated rings. The van der Waals surface area contributed by atoms with Gasteiger partial charge in [-0.3, -0.25) is 4.79 Å². The summed E-state index contributed by atoms with van der Waals surface area (Å²) < 4.78 is 45.1. The molecule has 0 saturated carbocycles. The van der Waals surface area contributed by atoms with Gasteiger partial charge >= 0.3 is 0 Å². The lowest BCUT2D eigenvalue weighted by Crippen LogP contribution is -2.51. The van der Waals surface area contributed by atoms with Gasteiger partial charge in [-0.2, -0.15) is 4.72 Å². The number of hydrogen-bond acceptors (Lipinski definition) is 5. The van der Waals surface area contributed by atoms with Crippen molar-refractivity contribution in [2.45, 2.75) is 11.1 Å². The first kappa shape index (κ1) is 17.5. The quantitative estimate of drug-likeness (QED) is 0.752. The summed E-state index contributed by atoms with van der Waals surface area (Å²) in [5.41, 5.74) is 0.267. The summed E-state index contributed by atoms with van der Waals surface area (Å²) in [4.78, 5) is 12.3. The molecule has 0 bridgehead atoms. The van der Waals surface area contributed by atoms with Gasteiger partial charge in [-0.25, -0.2) is 12.8 Å². The Bertz CT molecular complexity index is 952. The van der Waals surface area contributed by atoms with Crippen molar-refractivity contribution in [2.75, 3.05) is 17.7 Å². The van der Waals surface area contributed by atoms with E-state index in [1.54, 1.807) is 12.1 Å². The van der Waals surface area contributed by atoms with E-state index < -0.39 is 27.9 Å². The maximum atomic E-state index is 13.4. The minimum absolute atomic E-state index is 0.00282. The van der Waals surface area contributed by atoms with Crippen molar-refractivity contribution in [1.29, 1.82) is 0 Å². The van der Waals surface area contributed by atoms with Gasteiger partial charge in [0.25, 0.3) is 5.91 Å². The molecule has 1 heterocycles. The first-order valence-corrected chi connectivity index (χ1v) is 8.89. The highest BCUT2D eigenvalue weighted by atomic mass is 35.5. The number of amides is 1. The van der Waals surface area contributed by atoms with E-state index in [2.05, 4.69) is 15.4 Å². The van der Waals surface area contributed by atoms with E-state index in [-0.39, 0.29) is 16.3 Å². The fourth-order valence-electron chi connectivity index (χ4n) is 2.35. The molecule has 10 heteroatoms. The highest BCUT2D eigenvalue weighted by Crippen LogP contribution is 2.29. The Balaban J connectivity index is 1.88. The summed E-state index contributed by atoms with van der Waals surface area (Å²) in [5, 5.41) is 5.53. The van der Waals surface area contributed by atoms with Crippen molar-refractivity contribution in [3.63, 3.8) is 0 Å². The molecule has 1 amide bonds. The van der Waals surface area contributed by atoms with Crippen LogP contribution in [0.3, 0.4) is 0 Å². The fraction of sp³-hybridized carbons (Fsp3) is 0.133. The van der Waals surface area contributed by atoms with E-state index in [0.717, 1.165) is 18.2 Å². The Morgan fingerprint density at radius 2 is 2.04 bits per heavy atom. The number of carbonyl (C=O) groups excluding carboxylic acids is 1. The monoisotopic (exact) mass is 385 g/mol. The molecule has 25 heavy (non-hydrogen) atoms. The summed E-state index contributed by atoms with van der Waals surface area (Å²) >= 11 is 5.90. The van der Waals surface area contributed by atoms with Crippen molar-refractivity contribution in [2.24, 2.45) is 0 Å². The van der Waals surface area contributed by atoms with Gasteiger partial charge in [0.2, 0.25) is 10.0 Å². The van der Waals surface area contributed by atoms with Crippen LogP contribution in [0.25, 0.3) is 0 Å². The SMILES string of the molecule is COc1ccc(Cl)cc1NC(=O)[C@@H]1Nc2cc(F)ccc2S(=O)(=O)N1. The lowest BCUT2D eigenvalue weighted by molar-refractivity contribution is -0.117. The van der Waals surface area contributed by atoms with E-state index in [9.17, 15) is 17.6 Å². The van der Waals surface area contributed by atoms with E-state index in [0.29, 0.717) is 10.8 Å². The Hall–Kier alpha value is -2.36. The van der Waals surface area contributed by atoms with E-state index in [4.69, 9.17) is 16.3 Å². The summed E-state index contributed by atoms with van der Waals surface area (Å²) in [7, 11) is -2.55. The molecule has 132 valence electrons. The molecule has 7 nitrogen and oxygen atoms in total. The first-order chi connectivity index (χ1) is 11.8. The second-order valence-electron chi connectivity index (χ2n) is 5.17. The highest BCUT2D eigenvalue weighted by molar-refractivity contribution is 7.89. The number of rotatable bonds is 3. The minimum Gasteiger partial charge on any atom is -0.495 e. The Labute approximate surface area is 148 Å². The number of sulfonamides is 1. The van der Waals surface area contributed by atoms with Crippen molar-refractivity contribution in [1.82, 2.24) is 4.72 Å². The molecule has 2 aromatic carbocycles. The number of fused-ring (bicyclic) bond motifs is 1. The zero-order valence-electron chi connectivity index (χ0n) is 12.8. The Morgan fingerprint density at radius 1 is 1.28 bits per heavy atom. The van der Waals surface area contributed by atoms with E-state index in [1.165, 1.54) is 13.2 Å². The molecule has 2 aromatic rings. The first-order valence-electron chi connectivity index (χ1n) is 7.03. The van der Waals surface area contributed by atoms with E-state index in [1.807, 2.05) is 0 Å². The molecule has 3 rings (SSSR count). The summed E-state index contributed by atoms with van der Waals surface area (Å²) in [6.07, 6.45) is -1.33. The number of anilines is 2.